The van der Waals surface area contributed by atoms with Crippen molar-refractivity contribution in [2.24, 2.45) is 0 Å². The van der Waals surface area contributed by atoms with Crippen LogP contribution in [0.3, 0.4) is 0 Å². The van der Waals surface area contributed by atoms with Crippen molar-refractivity contribution in [3.8, 4) is 0 Å². The minimum atomic E-state index is 0.856. The summed E-state index contributed by atoms with van der Waals surface area (Å²) in [7, 11) is 1.88. The molecule has 2 aromatic rings. The van der Waals surface area contributed by atoms with Gasteiger partial charge in [-0.2, -0.15) is 0 Å². The van der Waals surface area contributed by atoms with Crippen molar-refractivity contribution in [1.82, 2.24) is 9.97 Å². The molecule has 0 aliphatic carbocycles. The Morgan fingerprint density at radius 3 is 2.61 bits per heavy atom. The number of nitrogens with zero attached hydrogens (tertiary/aromatic N) is 2. The van der Waals surface area contributed by atoms with Gasteiger partial charge in [0.25, 0.3) is 0 Å². The fraction of sp³-hybridized carbons (Fsp3) is 0.286. The van der Waals surface area contributed by atoms with Crippen LogP contribution in [0.1, 0.15) is 18.3 Å². The van der Waals surface area contributed by atoms with Crippen LogP contribution in [0.15, 0.2) is 41.4 Å². The van der Waals surface area contributed by atoms with Crippen molar-refractivity contribution < 1.29 is 0 Å². The summed E-state index contributed by atoms with van der Waals surface area (Å²) in [5.74, 6) is 2.71. The molecule has 1 N–H and O–H groups in total. The van der Waals surface area contributed by atoms with Gasteiger partial charge in [-0.15, -0.1) is 11.8 Å². The highest BCUT2D eigenvalue weighted by atomic mass is 32.2. The first kappa shape index (κ1) is 12.9. The molecule has 0 unspecified atom stereocenters. The third-order valence-electron chi connectivity index (χ3n) is 2.55. The Bertz CT molecular complexity index is 477. The zero-order valence-electron chi connectivity index (χ0n) is 10.7. The van der Waals surface area contributed by atoms with Crippen LogP contribution in [0.2, 0.25) is 0 Å². The van der Waals surface area contributed by atoms with E-state index in [1.807, 2.05) is 19.2 Å². The Balaban J connectivity index is 2.09. The molecule has 1 heterocycles. The van der Waals surface area contributed by atoms with Crippen molar-refractivity contribution in [1.29, 1.82) is 0 Å². The number of aromatic nitrogens is 2. The third kappa shape index (κ3) is 3.47. The second-order valence-corrected chi connectivity index (χ2v) is 4.88. The van der Waals surface area contributed by atoms with Crippen LogP contribution >= 0.6 is 11.8 Å². The summed E-state index contributed by atoms with van der Waals surface area (Å²) in [6.45, 7) is 2.07. The van der Waals surface area contributed by atoms with Crippen LogP contribution in [0.5, 0.6) is 0 Å². The predicted octanol–water partition coefficient (Wildman–Crippen LogP) is 3.37. The number of benzene rings is 1. The Kier molecular flexibility index (Phi) is 4.59. The lowest BCUT2D eigenvalue weighted by Crippen LogP contribution is -2.00. The smallest absolute Gasteiger partial charge is 0.131 e. The summed E-state index contributed by atoms with van der Waals surface area (Å²) < 4.78 is 0. The largest absolute Gasteiger partial charge is 0.373 e. The molecule has 0 saturated heterocycles. The Morgan fingerprint density at radius 1 is 1.17 bits per heavy atom. The van der Waals surface area contributed by atoms with E-state index in [1.165, 1.54) is 5.56 Å². The van der Waals surface area contributed by atoms with Gasteiger partial charge in [-0.25, -0.2) is 9.97 Å². The lowest BCUT2D eigenvalue weighted by atomic mass is 10.2. The fourth-order valence-corrected chi connectivity index (χ4v) is 2.44. The van der Waals surface area contributed by atoms with Crippen LogP contribution in [-0.2, 0) is 12.2 Å². The molecule has 1 aromatic carbocycles. The summed E-state index contributed by atoms with van der Waals surface area (Å²) in [6.07, 6.45) is 0.856. The van der Waals surface area contributed by atoms with Gasteiger partial charge in [-0.1, -0.05) is 37.3 Å². The normalized spacial score (nSPS) is 10.3. The lowest BCUT2D eigenvalue weighted by molar-refractivity contribution is 0.891. The van der Waals surface area contributed by atoms with E-state index in [0.29, 0.717) is 0 Å². The molecule has 0 saturated carbocycles. The van der Waals surface area contributed by atoms with E-state index in [2.05, 4.69) is 46.5 Å². The highest BCUT2D eigenvalue weighted by Gasteiger charge is 2.03. The van der Waals surface area contributed by atoms with Crippen LogP contribution < -0.4 is 5.32 Å². The number of hydrogen-bond acceptors (Lipinski definition) is 4. The first-order valence-electron chi connectivity index (χ1n) is 6.04. The average Bonchev–Trinajstić information content (AvgIpc) is 2.45. The van der Waals surface area contributed by atoms with Gasteiger partial charge in [0.05, 0.1) is 0 Å². The monoisotopic (exact) mass is 259 g/mol. The first-order valence-corrected chi connectivity index (χ1v) is 7.03. The van der Waals surface area contributed by atoms with E-state index < -0.39 is 0 Å². The van der Waals surface area contributed by atoms with Crippen molar-refractivity contribution in [2.75, 3.05) is 12.4 Å². The number of nitrogens with one attached hydrogen (secondary N) is 1. The van der Waals surface area contributed by atoms with Gasteiger partial charge in [0.1, 0.15) is 16.7 Å². The van der Waals surface area contributed by atoms with Crippen molar-refractivity contribution in [3.63, 3.8) is 0 Å². The van der Waals surface area contributed by atoms with Crippen LogP contribution in [-0.4, -0.2) is 17.0 Å². The lowest BCUT2D eigenvalue weighted by Gasteiger charge is -2.06. The summed E-state index contributed by atoms with van der Waals surface area (Å²) >= 11 is 1.74. The molecule has 0 amide bonds. The maximum atomic E-state index is 4.53. The molecule has 0 atom stereocenters. The number of aryl methyl sites for hydroxylation is 1. The van der Waals surface area contributed by atoms with Gasteiger partial charge in [-0.3, -0.25) is 0 Å². The molecule has 0 spiro atoms. The summed E-state index contributed by atoms with van der Waals surface area (Å²) in [6, 6.07) is 12.4. The maximum Gasteiger partial charge on any atom is 0.131 e. The van der Waals surface area contributed by atoms with Crippen molar-refractivity contribution >= 4 is 17.6 Å². The number of anilines is 1. The second kappa shape index (κ2) is 6.40. The molecule has 1 aromatic heterocycles. The molecule has 0 aliphatic heterocycles. The molecule has 3 nitrogen and oxygen atoms in total. The minimum Gasteiger partial charge on any atom is -0.373 e. The molecule has 0 bridgehead atoms. The second-order valence-electron chi connectivity index (χ2n) is 3.89. The highest BCUT2D eigenvalue weighted by molar-refractivity contribution is 7.98. The average molecular weight is 259 g/mol. The predicted molar refractivity (Wildman–Crippen MR) is 77.0 cm³/mol. The standard InChI is InChI=1S/C14H17N3S/c1-3-12-16-13(15-2)9-14(17-12)18-10-11-7-5-4-6-8-11/h4-9H,3,10H2,1-2H3,(H,15,16,17). The van der Waals surface area contributed by atoms with Gasteiger partial charge >= 0.3 is 0 Å². The topological polar surface area (TPSA) is 37.8 Å². The van der Waals surface area contributed by atoms with Gasteiger partial charge in [-0.05, 0) is 5.56 Å². The number of thioether (sulfide) groups is 1. The van der Waals surface area contributed by atoms with Crippen LogP contribution in [0.25, 0.3) is 0 Å². The van der Waals surface area contributed by atoms with E-state index in [4.69, 9.17) is 0 Å². The Morgan fingerprint density at radius 2 is 1.94 bits per heavy atom. The molecule has 0 radical (unpaired) electrons. The van der Waals surface area contributed by atoms with Crippen LogP contribution in [0.4, 0.5) is 5.82 Å². The number of hydrogen-bond donors (Lipinski definition) is 1. The zero-order valence-corrected chi connectivity index (χ0v) is 11.5. The first-order chi connectivity index (χ1) is 8.81. The Labute approximate surface area is 112 Å². The van der Waals surface area contributed by atoms with E-state index in [1.54, 1.807) is 11.8 Å². The molecule has 4 heteroatoms. The summed E-state index contributed by atoms with van der Waals surface area (Å²) in [5, 5.41) is 4.10. The summed E-state index contributed by atoms with van der Waals surface area (Å²) in [4.78, 5) is 8.92. The summed E-state index contributed by atoms with van der Waals surface area (Å²) in [5.41, 5.74) is 1.31. The SMILES string of the molecule is CCc1nc(NC)cc(SCc2ccccc2)n1. The number of rotatable bonds is 5. The third-order valence-corrected chi connectivity index (χ3v) is 3.53. The fourth-order valence-electron chi connectivity index (χ4n) is 1.56. The molecule has 0 fully saturated rings. The maximum absolute atomic E-state index is 4.53. The minimum absolute atomic E-state index is 0.856. The van der Waals surface area contributed by atoms with Crippen molar-refractivity contribution in [2.45, 2.75) is 24.1 Å². The van der Waals surface area contributed by atoms with E-state index in [9.17, 15) is 0 Å². The molecular weight excluding hydrogens is 242 g/mol. The quantitative estimate of drug-likeness (QED) is 0.660. The van der Waals surface area contributed by atoms with Crippen molar-refractivity contribution in [3.05, 3.63) is 47.8 Å². The van der Waals surface area contributed by atoms with Crippen LogP contribution in [0, 0.1) is 0 Å². The molecule has 18 heavy (non-hydrogen) atoms. The molecule has 2 rings (SSSR count). The van der Waals surface area contributed by atoms with Gasteiger partial charge in [0, 0.05) is 25.3 Å². The van der Waals surface area contributed by atoms with Gasteiger partial charge in [0.15, 0.2) is 0 Å². The van der Waals surface area contributed by atoms with E-state index in [-0.39, 0.29) is 0 Å². The Hall–Kier alpha value is -1.55. The zero-order chi connectivity index (χ0) is 12.8. The molecule has 0 aliphatic rings. The van der Waals surface area contributed by atoms with Gasteiger partial charge < -0.3 is 5.32 Å². The van der Waals surface area contributed by atoms with E-state index in [0.717, 1.165) is 28.8 Å². The molecular formula is C14H17N3S. The highest BCUT2D eigenvalue weighted by Crippen LogP contribution is 2.22. The van der Waals surface area contributed by atoms with E-state index >= 15 is 0 Å². The van der Waals surface area contributed by atoms with Gasteiger partial charge in [0.2, 0.25) is 0 Å². The molecule has 94 valence electrons.